The molecule has 0 aliphatic carbocycles. The number of sulfonamides is 1. The summed E-state index contributed by atoms with van der Waals surface area (Å²) in [4.78, 5) is -0.0601. The Morgan fingerprint density at radius 1 is 1.28 bits per heavy atom. The molecule has 98 valence electrons. The van der Waals surface area contributed by atoms with Crippen molar-refractivity contribution in [2.75, 3.05) is 18.6 Å². The van der Waals surface area contributed by atoms with Gasteiger partial charge in [0.05, 0.1) is 22.3 Å². The first-order valence-corrected chi connectivity index (χ1v) is 8.46. The van der Waals surface area contributed by atoms with Crippen LogP contribution in [-0.2, 0) is 19.9 Å². The number of hydrogen-bond acceptors (Lipinski definition) is 5. The van der Waals surface area contributed by atoms with Gasteiger partial charge in [0, 0.05) is 12.8 Å². The van der Waals surface area contributed by atoms with Crippen molar-refractivity contribution in [1.82, 2.24) is 4.72 Å². The molecular weight excluding hydrogens is 276 g/mol. The fraction of sp³-hybridized carbons (Fsp3) is 0.300. The molecule has 0 aliphatic heterocycles. The summed E-state index contributed by atoms with van der Waals surface area (Å²) in [6, 6.07) is 7.32. The van der Waals surface area contributed by atoms with Gasteiger partial charge in [0.2, 0.25) is 10.0 Å². The third-order valence-corrected chi connectivity index (χ3v) is 4.44. The first-order chi connectivity index (χ1) is 8.24. The number of rotatable bonds is 5. The second-order valence-electron chi connectivity index (χ2n) is 3.67. The van der Waals surface area contributed by atoms with E-state index >= 15 is 0 Å². The normalized spacial score (nSPS) is 12.0. The molecule has 0 unspecified atom stereocenters. The lowest BCUT2D eigenvalue weighted by atomic mass is 10.2. The van der Waals surface area contributed by atoms with Crippen molar-refractivity contribution in [3.63, 3.8) is 0 Å². The first kappa shape index (κ1) is 14.6. The van der Waals surface area contributed by atoms with E-state index in [0.717, 1.165) is 6.26 Å². The van der Waals surface area contributed by atoms with Crippen LogP contribution in [-0.4, -0.2) is 35.4 Å². The molecule has 0 saturated heterocycles. The average molecular weight is 288 g/mol. The van der Waals surface area contributed by atoms with Gasteiger partial charge >= 0.3 is 0 Å². The summed E-state index contributed by atoms with van der Waals surface area (Å²) in [6.45, 7) is -0.196. The molecule has 6 nitrogen and oxygen atoms in total. The third-order valence-electron chi connectivity index (χ3n) is 2.04. The average Bonchev–Trinajstić information content (AvgIpc) is 2.27. The van der Waals surface area contributed by atoms with E-state index in [0.29, 0.717) is 0 Å². The molecule has 0 bridgehead atoms. The number of nitriles is 1. The van der Waals surface area contributed by atoms with Crippen molar-refractivity contribution in [2.45, 2.75) is 4.90 Å². The molecule has 0 saturated carbocycles. The van der Waals surface area contributed by atoms with Gasteiger partial charge in [-0.25, -0.2) is 21.6 Å². The van der Waals surface area contributed by atoms with Crippen LogP contribution in [0.3, 0.4) is 0 Å². The third kappa shape index (κ3) is 4.44. The van der Waals surface area contributed by atoms with E-state index in [9.17, 15) is 16.8 Å². The summed E-state index contributed by atoms with van der Waals surface area (Å²) >= 11 is 0. The largest absolute Gasteiger partial charge is 0.240 e. The lowest BCUT2D eigenvalue weighted by Gasteiger charge is -2.06. The van der Waals surface area contributed by atoms with Crippen LogP contribution in [0.25, 0.3) is 0 Å². The van der Waals surface area contributed by atoms with Crippen LogP contribution >= 0.6 is 0 Å². The van der Waals surface area contributed by atoms with E-state index in [-0.39, 0.29) is 22.8 Å². The molecule has 0 spiro atoms. The number of benzene rings is 1. The highest BCUT2D eigenvalue weighted by atomic mass is 32.2. The number of nitrogens with one attached hydrogen (secondary N) is 1. The predicted molar refractivity (Wildman–Crippen MR) is 66.1 cm³/mol. The summed E-state index contributed by atoms with van der Waals surface area (Å²) in [7, 11) is -7.00. The van der Waals surface area contributed by atoms with E-state index in [1.165, 1.54) is 24.3 Å². The van der Waals surface area contributed by atoms with Gasteiger partial charge < -0.3 is 0 Å². The molecule has 0 fully saturated rings. The summed E-state index contributed by atoms with van der Waals surface area (Å²) in [5.74, 6) is -0.274. The van der Waals surface area contributed by atoms with Gasteiger partial charge in [0.25, 0.3) is 0 Å². The maximum atomic E-state index is 11.8. The molecule has 0 amide bonds. The van der Waals surface area contributed by atoms with Gasteiger partial charge in [-0.3, -0.25) is 0 Å². The number of nitrogens with zero attached hydrogens (tertiary/aromatic N) is 1. The molecule has 0 heterocycles. The minimum Gasteiger partial charge on any atom is -0.229 e. The lowest BCUT2D eigenvalue weighted by molar-refractivity contribution is 0.582. The van der Waals surface area contributed by atoms with Crippen molar-refractivity contribution < 1.29 is 16.8 Å². The molecule has 1 aromatic rings. The van der Waals surface area contributed by atoms with Gasteiger partial charge in [0.1, 0.15) is 9.84 Å². The van der Waals surface area contributed by atoms with Gasteiger partial charge in [-0.1, -0.05) is 6.07 Å². The summed E-state index contributed by atoms with van der Waals surface area (Å²) in [5.41, 5.74) is 0.223. The van der Waals surface area contributed by atoms with E-state index in [4.69, 9.17) is 5.26 Å². The summed E-state index contributed by atoms with van der Waals surface area (Å²) in [6.07, 6.45) is 1.03. The zero-order valence-electron chi connectivity index (χ0n) is 9.62. The van der Waals surface area contributed by atoms with Crippen LogP contribution in [0.15, 0.2) is 29.2 Å². The van der Waals surface area contributed by atoms with Crippen molar-refractivity contribution in [3.8, 4) is 6.07 Å². The van der Waals surface area contributed by atoms with Crippen molar-refractivity contribution >= 4 is 19.9 Å². The van der Waals surface area contributed by atoms with Gasteiger partial charge in [-0.05, 0) is 18.2 Å². The van der Waals surface area contributed by atoms with E-state index < -0.39 is 19.9 Å². The fourth-order valence-electron chi connectivity index (χ4n) is 1.18. The Hall–Kier alpha value is -1.43. The standard InChI is InChI=1S/C10H12N2O4S2/c1-17(13,14)6-5-12-18(15,16)10-4-2-3-9(7-10)8-11/h2-4,7,12H,5-6H2,1H3. The molecule has 18 heavy (non-hydrogen) atoms. The van der Waals surface area contributed by atoms with Crippen LogP contribution in [0.2, 0.25) is 0 Å². The van der Waals surface area contributed by atoms with Crippen molar-refractivity contribution in [2.24, 2.45) is 0 Å². The first-order valence-electron chi connectivity index (χ1n) is 4.92. The highest BCUT2D eigenvalue weighted by Crippen LogP contribution is 2.10. The molecule has 0 atom stereocenters. The van der Waals surface area contributed by atoms with Crippen LogP contribution in [0.5, 0.6) is 0 Å². The number of hydrogen-bond donors (Lipinski definition) is 1. The Bertz CT molecular complexity index is 672. The maximum Gasteiger partial charge on any atom is 0.240 e. The maximum absolute atomic E-state index is 11.8. The molecule has 0 aromatic heterocycles. The summed E-state index contributed by atoms with van der Waals surface area (Å²) < 4.78 is 47.5. The SMILES string of the molecule is CS(=O)(=O)CCNS(=O)(=O)c1cccc(C#N)c1. The molecule has 0 radical (unpaired) electrons. The Morgan fingerprint density at radius 3 is 2.50 bits per heavy atom. The van der Waals surface area contributed by atoms with E-state index in [1.807, 2.05) is 6.07 Å². The molecule has 1 rings (SSSR count). The fourth-order valence-corrected chi connectivity index (χ4v) is 2.86. The Kier molecular flexibility index (Phi) is 4.45. The van der Waals surface area contributed by atoms with Crippen LogP contribution in [0.4, 0.5) is 0 Å². The molecule has 1 N–H and O–H groups in total. The molecular formula is C10H12N2O4S2. The second-order valence-corrected chi connectivity index (χ2v) is 7.69. The summed E-state index contributed by atoms with van der Waals surface area (Å²) in [5, 5.41) is 8.67. The zero-order valence-corrected chi connectivity index (χ0v) is 11.3. The Morgan fingerprint density at radius 2 is 1.94 bits per heavy atom. The van der Waals surface area contributed by atoms with E-state index in [1.54, 1.807) is 0 Å². The quantitative estimate of drug-likeness (QED) is 0.813. The van der Waals surface area contributed by atoms with Gasteiger partial charge in [-0.2, -0.15) is 5.26 Å². The smallest absolute Gasteiger partial charge is 0.229 e. The van der Waals surface area contributed by atoms with Crippen LogP contribution in [0.1, 0.15) is 5.56 Å². The lowest BCUT2D eigenvalue weighted by Crippen LogP contribution is -2.28. The minimum atomic E-state index is -3.78. The van der Waals surface area contributed by atoms with Gasteiger partial charge in [-0.15, -0.1) is 0 Å². The molecule has 1 aromatic carbocycles. The molecule has 0 aliphatic rings. The van der Waals surface area contributed by atoms with Crippen molar-refractivity contribution in [1.29, 1.82) is 5.26 Å². The number of sulfone groups is 1. The monoisotopic (exact) mass is 288 g/mol. The predicted octanol–water partition coefficient (Wildman–Crippen LogP) is -0.119. The molecule has 8 heteroatoms. The van der Waals surface area contributed by atoms with Crippen molar-refractivity contribution in [3.05, 3.63) is 29.8 Å². The Labute approximate surface area is 106 Å². The van der Waals surface area contributed by atoms with Crippen LogP contribution < -0.4 is 4.72 Å². The highest BCUT2D eigenvalue weighted by Gasteiger charge is 2.14. The van der Waals surface area contributed by atoms with Crippen LogP contribution in [0, 0.1) is 11.3 Å². The topological polar surface area (TPSA) is 104 Å². The van der Waals surface area contributed by atoms with E-state index in [2.05, 4.69) is 4.72 Å². The second kappa shape index (κ2) is 5.48. The highest BCUT2D eigenvalue weighted by molar-refractivity contribution is 7.91. The Balaban J connectivity index is 2.84. The zero-order chi connectivity index (χ0) is 13.8. The minimum absolute atomic E-state index is 0.0601. The van der Waals surface area contributed by atoms with Gasteiger partial charge in [0.15, 0.2) is 0 Å².